The first-order valence-corrected chi connectivity index (χ1v) is 8.77. The van der Waals surface area contributed by atoms with Crippen molar-refractivity contribution in [2.24, 2.45) is 11.8 Å². The average Bonchev–Trinajstić information content (AvgIpc) is 3.00. The second-order valence-electron chi connectivity index (χ2n) is 7.81. The fourth-order valence-corrected chi connectivity index (χ4v) is 3.35. The van der Waals surface area contributed by atoms with Crippen LogP contribution in [0.5, 0.6) is 5.88 Å². The molecule has 0 aromatic carbocycles. The fourth-order valence-electron chi connectivity index (χ4n) is 3.35. The third-order valence-electron chi connectivity index (χ3n) is 4.76. The van der Waals surface area contributed by atoms with Crippen molar-refractivity contribution in [2.75, 3.05) is 0 Å². The maximum Gasteiger partial charge on any atom is 0.246 e. The molecule has 0 saturated carbocycles. The zero-order valence-electron chi connectivity index (χ0n) is 15.7. The van der Waals surface area contributed by atoms with Crippen LogP contribution in [0.15, 0.2) is 6.33 Å². The number of ether oxygens (including phenoxy) is 2. The molecule has 2 aromatic heterocycles. The molecule has 132 valence electrons. The van der Waals surface area contributed by atoms with Gasteiger partial charge in [0.05, 0.1) is 12.4 Å². The van der Waals surface area contributed by atoms with Crippen molar-refractivity contribution in [3.05, 3.63) is 12.2 Å². The second kappa shape index (κ2) is 5.99. The van der Waals surface area contributed by atoms with Crippen LogP contribution in [-0.4, -0.2) is 31.2 Å². The summed E-state index contributed by atoms with van der Waals surface area (Å²) in [7, 11) is 0. The Morgan fingerprint density at radius 1 is 1.21 bits per heavy atom. The Morgan fingerprint density at radius 2 is 1.92 bits per heavy atom. The van der Waals surface area contributed by atoms with Gasteiger partial charge in [0.1, 0.15) is 17.7 Å². The van der Waals surface area contributed by atoms with Crippen LogP contribution in [0, 0.1) is 18.8 Å². The molecule has 0 radical (unpaired) electrons. The fraction of sp³-hybridized carbons (Fsp3) is 0.722. The molecule has 0 bridgehead atoms. The van der Waals surface area contributed by atoms with E-state index in [2.05, 4.69) is 35.7 Å². The molecule has 2 aromatic rings. The second-order valence-corrected chi connectivity index (χ2v) is 7.81. The van der Waals surface area contributed by atoms with Crippen LogP contribution in [0.3, 0.4) is 0 Å². The Hall–Kier alpha value is -1.69. The van der Waals surface area contributed by atoms with Crippen molar-refractivity contribution in [1.29, 1.82) is 0 Å². The Morgan fingerprint density at radius 3 is 2.50 bits per heavy atom. The van der Waals surface area contributed by atoms with Crippen LogP contribution < -0.4 is 4.74 Å². The molecule has 0 aliphatic carbocycles. The normalized spacial score (nSPS) is 27.8. The van der Waals surface area contributed by atoms with E-state index in [0.29, 0.717) is 29.1 Å². The summed E-state index contributed by atoms with van der Waals surface area (Å²) >= 11 is 0. The smallest absolute Gasteiger partial charge is 0.246 e. The lowest BCUT2D eigenvalue weighted by atomic mass is 9.91. The molecule has 1 unspecified atom stereocenters. The van der Waals surface area contributed by atoms with E-state index in [0.717, 1.165) is 12.1 Å². The molecule has 6 heteroatoms. The zero-order chi connectivity index (χ0) is 17.6. The number of hydrogen-bond acceptors (Lipinski definition) is 5. The van der Waals surface area contributed by atoms with Crippen LogP contribution in [0.25, 0.3) is 11.2 Å². The molecule has 0 N–H and O–H groups in total. The van der Waals surface area contributed by atoms with Gasteiger partial charge in [-0.2, -0.15) is 4.98 Å². The van der Waals surface area contributed by atoms with Gasteiger partial charge < -0.3 is 9.47 Å². The number of hydrogen-bond donors (Lipinski definition) is 0. The van der Waals surface area contributed by atoms with Crippen LogP contribution in [0.4, 0.5) is 0 Å². The molecular weight excluding hydrogens is 304 g/mol. The minimum absolute atomic E-state index is 0.0493. The molecule has 6 nitrogen and oxygen atoms in total. The minimum Gasteiger partial charge on any atom is -0.470 e. The van der Waals surface area contributed by atoms with Crippen LogP contribution in [0.2, 0.25) is 0 Å². The van der Waals surface area contributed by atoms with Gasteiger partial charge in [-0.15, -0.1) is 0 Å². The predicted molar refractivity (Wildman–Crippen MR) is 93.0 cm³/mol. The van der Waals surface area contributed by atoms with Gasteiger partial charge in [-0.25, -0.2) is 9.97 Å². The molecule has 4 atom stereocenters. The van der Waals surface area contributed by atoms with Crippen molar-refractivity contribution in [1.82, 2.24) is 19.5 Å². The predicted octanol–water partition coefficient (Wildman–Crippen LogP) is 3.89. The summed E-state index contributed by atoms with van der Waals surface area (Å²) in [5.41, 5.74) is 1.14. The quantitative estimate of drug-likeness (QED) is 0.853. The molecular formula is C18H28N4O2. The summed E-state index contributed by atoms with van der Waals surface area (Å²) in [5, 5.41) is 0. The van der Waals surface area contributed by atoms with Gasteiger partial charge in [0.15, 0.2) is 11.2 Å². The summed E-state index contributed by atoms with van der Waals surface area (Å²) in [6, 6.07) is 0. The zero-order valence-corrected chi connectivity index (χ0v) is 15.7. The van der Waals surface area contributed by atoms with E-state index in [4.69, 9.17) is 9.47 Å². The van der Waals surface area contributed by atoms with Crippen molar-refractivity contribution in [3.63, 3.8) is 0 Å². The van der Waals surface area contributed by atoms with Crippen molar-refractivity contribution in [3.8, 4) is 5.88 Å². The van der Waals surface area contributed by atoms with Crippen molar-refractivity contribution in [2.45, 2.75) is 72.8 Å². The average molecular weight is 332 g/mol. The van der Waals surface area contributed by atoms with Gasteiger partial charge >= 0.3 is 0 Å². The summed E-state index contributed by atoms with van der Waals surface area (Å²) in [5.74, 6) is 2.11. The van der Waals surface area contributed by atoms with E-state index in [-0.39, 0.29) is 17.9 Å². The van der Waals surface area contributed by atoms with Gasteiger partial charge in [0.2, 0.25) is 5.88 Å². The van der Waals surface area contributed by atoms with E-state index in [1.165, 1.54) is 0 Å². The first-order valence-electron chi connectivity index (χ1n) is 8.77. The van der Waals surface area contributed by atoms with E-state index in [1.54, 1.807) is 6.33 Å². The molecule has 1 saturated heterocycles. The Bertz CT molecular complexity index is 734. The third kappa shape index (κ3) is 2.99. The lowest BCUT2D eigenvalue weighted by Gasteiger charge is -2.21. The number of imidazole rings is 1. The molecule has 3 rings (SSSR count). The molecule has 1 aliphatic heterocycles. The number of nitrogens with zero attached hydrogens (tertiary/aromatic N) is 4. The highest BCUT2D eigenvalue weighted by Gasteiger charge is 2.40. The van der Waals surface area contributed by atoms with Gasteiger partial charge in [-0.05, 0) is 40.0 Å². The summed E-state index contributed by atoms with van der Waals surface area (Å²) in [6.07, 6.45) is 3.05. The first-order chi connectivity index (χ1) is 11.2. The SMILES string of the molecule is CC[C@H]1OC(n2cnc3c(OC(C)(C)C)nc(C)nc32)[C@H](C)[C@@H]1C. The summed E-state index contributed by atoms with van der Waals surface area (Å²) in [6.45, 7) is 14.5. The third-order valence-corrected chi connectivity index (χ3v) is 4.76. The maximum absolute atomic E-state index is 6.29. The van der Waals surface area contributed by atoms with Crippen molar-refractivity contribution < 1.29 is 9.47 Å². The number of aryl methyl sites for hydroxylation is 1. The van der Waals surface area contributed by atoms with E-state index >= 15 is 0 Å². The Balaban J connectivity index is 2.05. The van der Waals surface area contributed by atoms with Gasteiger partial charge in [0, 0.05) is 5.92 Å². The molecule has 3 heterocycles. The van der Waals surface area contributed by atoms with Crippen LogP contribution >= 0.6 is 0 Å². The number of fused-ring (bicyclic) bond motifs is 1. The van der Waals surface area contributed by atoms with Gasteiger partial charge in [-0.3, -0.25) is 4.57 Å². The topological polar surface area (TPSA) is 62.1 Å². The molecule has 0 spiro atoms. The largest absolute Gasteiger partial charge is 0.470 e. The Kier molecular flexibility index (Phi) is 4.28. The van der Waals surface area contributed by atoms with E-state index in [9.17, 15) is 0 Å². The Labute approximate surface area is 143 Å². The highest BCUT2D eigenvalue weighted by molar-refractivity contribution is 5.76. The molecule has 1 fully saturated rings. The first kappa shape index (κ1) is 17.1. The van der Waals surface area contributed by atoms with E-state index < -0.39 is 0 Å². The standard InChI is InChI=1S/C18H28N4O2/c1-8-13-10(2)11(3)17(23-13)22-9-19-14-15(22)20-12(4)21-16(14)24-18(5,6)7/h9-11,13,17H,8H2,1-7H3/t10-,11+,13+,17?/m0/s1. The summed E-state index contributed by atoms with van der Waals surface area (Å²) in [4.78, 5) is 13.6. The maximum atomic E-state index is 6.29. The summed E-state index contributed by atoms with van der Waals surface area (Å²) < 4.78 is 14.3. The highest BCUT2D eigenvalue weighted by Crippen LogP contribution is 2.41. The lowest BCUT2D eigenvalue weighted by Crippen LogP contribution is -2.24. The van der Waals surface area contributed by atoms with Crippen molar-refractivity contribution >= 4 is 11.2 Å². The molecule has 24 heavy (non-hydrogen) atoms. The van der Waals surface area contributed by atoms with Crippen LogP contribution in [0.1, 0.15) is 60.0 Å². The molecule has 0 amide bonds. The number of rotatable bonds is 3. The van der Waals surface area contributed by atoms with Crippen LogP contribution in [-0.2, 0) is 4.74 Å². The highest BCUT2D eigenvalue weighted by atomic mass is 16.5. The monoisotopic (exact) mass is 332 g/mol. The van der Waals surface area contributed by atoms with Gasteiger partial charge in [-0.1, -0.05) is 20.8 Å². The lowest BCUT2D eigenvalue weighted by molar-refractivity contribution is -0.0120. The van der Waals surface area contributed by atoms with E-state index in [1.807, 2.05) is 32.3 Å². The number of aromatic nitrogens is 4. The molecule has 1 aliphatic rings. The van der Waals surface area contributed by atoms with Gasteiger partial charge in [0.25, 0.3) is 0 Å². The minimum atomic E-state index is -0.337.